The number of carbonyl (C=O) groups is 1. The summed E-state index contributed by atoms with van der Waals surface area (Å²) in [4.78, 5) is 11.0. The first-order valence-corrected chi connectivity index (χ1v) is 9.28. The van der Waals surface area contributed by atoms with Crippen LogP contribution in [0.2, 0.25) is 0 Å². The van der Waals surface area contributed by atoms with E-state index in [9.17, 15) is 4.79 Å². The summed E-state index contributed by atoms with van der Waals surface area (Å²) in [5.41, 5.74) is 7.15. The molecule has 3 rings (SSSR count). The van der Waals surface area contributed by atoms with E-state index in [1.54, 1.807) is 12.1 Å². The molecular formula is C24H28O2. The van der Waals surface area contributed by atoms with Crippen molar-refractivity contribution in [3.05, 3.63) is 70.3 Å². The number of hydrogen-bond donors (Lipinski definition) is 1. The van der Waals surface area contributed by atoms with Gasteiger partial charge in [-0.1, -0.05) is 64.1 Å². The number of hydrogen-bond acceptors (Lipinski definition) is 1. The molecule has 0 saturated carbocycles. The van der Waals surface area contributed by atoms with Gasteiger partial charge in [-0.2, -0.15) is 0 Å². The molecule has 1 N–H and O–H groups in total. The van der Waals surface area contributed by atoms with Crippen LogP contribution >= 0.6 is 0 Å². The number of rotatable bonds is 3. The van der Waals surface area contributed by atoms with Gasteiger partial charge in [0, 0.05) is 0 Å². The first-order chi connectivity index (χ1) is 12.1. The number of allylic oxidation sites excluding steroid dienone is 1. The molecule has 0 bridgehead atoms. The molecule has 0 aromatic heterocycles. The van der Waals surface area contributed by atoms with Gasteiger partial charge in [0.05, 0.1) is 5.56 Å². The molecule has 136 valence electrons. The van der Waals surface area contributed by atoms with Crippen LogP contribution in [-0.4, -0.2) is 11.1 Å². The lowest BCUT2D eigenvalue weighted by atomic mass is 9.61. The van der Waals surface area contributed by atoms with Crippen LogP contribution in [0.1, 0.15) is 80.1 Å². The molecule has 0 heterocycles. The highest BCUT2D eigenvalue weighted by Gasteiger charge is 2.38. The fourth-order valence-electron chi connectivity index (χ4n) is 4.11. The Kier molecular flexibility index (Phi) is 4.56. The zero-order chi connectivity index (χ0) is 19.1. The molecular weight excluding hydrogens is 320 g/mol. The van der Waals surface area contributed by atoms with E-state index in [0.29, 0.717) is 5.56 Å². The Balaban J connectivity index is 2.08. The van der Waals surface area contributed by atoms with Crippen LogP contribution in [0.25, 0.3) is 11.6 Å². The molecule has 0 amide bonds. The Bertz CT molecular complexity index is 868. The van der Waals surface area contributed by atoms with Gasteiger partial charge in [0.15, 0.2) is 0 Å². The van der Waals surface area contributed by atoms with Crippen molar-refractivity contribution in [2.75, 3.05) is 0 Å². The summed E-state index contributed by atoms with van der Waals surface area (Å²) in [6, 6.07) is 13.7. The van der Waals surface area contributed by atoms with Gasteiger partial charge in [0.1, 0.15) is 0 Å². The van der Waals surface area contributed by atoms with Crippen molar-refractivity contribution in [2.24, 2.45) is 0 Å². The van der Waals surface area contributed by atoms with Crippen molar-refractivity contribution in [3.63, 3.8) is 0 Å². The van der Waals surface area contributed by atoms with Gasteiger partial charge in [-0.15, -0.1) is 0 Å². The van der Waals surface area contributed by atoms with E-state index >= 15 is 0 Å². The number of carboxylic acids is 1. The van der Waals surface area contributed by atoms with Gasteiger partial charge in [0.2, 0.25) is 0 Å². The van der Waals surface area contributed by atoms with E-state index in [2.05, 4.69) is 58.9 Å². The van der Waals surface area contributed by atoms with E-state index in [4.69, 9.17) is 5.11 Å². The largest absolute Gasteiger partial charge is 0.478 e. The van der Waals surface area contributed by atoms with Gasteiger partial charge in [0.25, 0.3) is 0 Å². The number of fused-ring (bicyclic) bond motifs is 1. The van der Waals surface area contributed by atoms with Crippen LogP contribution in [0, 0.1) is 0 Å². The van der Waals surface area contributed by atoms with Crippen LogP contribution in [0.4, 0.5) is 0 Å². The third-order valence-corrected chi connectivity index (χ3v) is 5.81. The molecule has 26 heavy (non-hydrogen) atoms. The minimum atomic E-state index is -0.890. The molecule has 0 aliphatic heterocycles. The molecule has 2 nitrogen and oxygen atoms in total. The molecule has 1 aliphatic carbocycles. The Hall–Kier alpha value is -2.35. The van der Waals surface area contributed by atoms with Crippen LogP contribution in [0.15, 0.2) is 42.5 Å². The summed E-state index contributed by atoms with van der Waals surface area (Å²) in [6.45, 7) is 11.5. The molecule has 1 aliphatic rings. The highest BCUT2D eigenvalue weighted by molar-refractivity contribution is 5.88. The molecule has 2 heteroatoms. The molecule has 0 fully saturated rings. The molecule has 0 spiro atoms. The third kappa shape index (κ3) is 3.33. The van der Waals surface area contributed by atoms with Crippen molar-refractivity contribution in [1.29, 1.82) is 0 Å². The van der Waals surface area contributed by atoms with E-state index < -0.39 is 5.97 Å². The average Bonchev–Trinajstić information content (AvgIpc) is 2.59. The smallest absolute Gasteiger partial charge is 0.335 e. The van der Waals surface area contributed by atoms with E-state index in [-0.39, 0.29) is 10.8 Å². The van der Waals surface area contributed by atoms with Gasteiger partial charge >= 0.3 is 5.97 Å². The fraction of sp³-hybridized carbons (Fsp3) is 0.375. The molecule has 0 radical (unpaired) electrons. The number of benzene rings is 2. The third-order valence-electron chi connectivity index (χ3n) is 5.81. The Morgan fingerprint density at radius 3 is 2.19 bits per heavy atom. The maximum absolute atomic E-state index is 11.0. The topological polar surface area (TPSA) is 37.3 Å². The predicted octanol–water partition coefficient (Wildman–Crippen LogP) is 6.29. The summed E-state index contributed by atoms with van der Waals surface area (Å²) in [7, 11) is 0. The summed E-state index contributed by atoms with van der Waals surface area (Å²) >= 11 is 0. The van der Waals surface area contributed by atoms with Gasteiger partial charge in [-0.25, -0.2) is 4.79 Å². The predicted molar refractivity (Wildman–Crippen MR) is 109 cm³/mol. The number of aromatic carboxylic acids is 1. The van der Waals surface area contributed by atoms with Crippen molar-refractivity contribution in [3.8, 4) is 0 Å². The highest BCUT2D eigenvalue weighted by atomic mass is 16.4. The molecule has 2 aromatic carbocycles. The van der Waals surface area contributed by atoms with E-state index in [1.165, 1.54) is 35.1 Å². The monoisotopic (exact) mass is 348 g/mol. The van der Waals surface area contributed by atoms with Crippen LogP contribution in [0.3, 0.4) is 0 Å². The summed E-state index contributed by atoms with van der Waals surface area (Å²) in [5, 5.41) is 9.06. The van der Waals surface area contributed by atoms with Gasteiger partial charge < -0.3 is 5.11 Å². The lowest BCUT2D eigenvalue weighted by Crippen LogP contribution is -2.34. The van der Waals surface area contributed by atoms with E-state index in [1.807, 2.05) is 12.1 Å². The highest BCUT2D eigenvalue weighted by Crippen LogP contribution is 2.48. The maximum atomic E-state index is 11.0. The maximum Gasteiger partial charge on any atom is 0.335 e. The second-order valence-electron chi connectivity index (χ2n) is 8.75. The Morgan fingerprint density at radius 1 is 0.962 bits per heavy atom. The lowest BCUT2D eigenvalue weighted by molar-refractivity contribution is 0.0697. The Morgan fingerprint density at radius 2 is 1.58 bits per heavy atom. The molecule has 0 saturated heterocycles. The summed E-state index contributed by atoms with van der Waals surface area (Å²) in [5.74, 6) is -0.890. The van der Waals surface area contributed by atoms with Gasteiger partial charge in [-0.3, -0.25) is 0 Å². The second-order valence-corrected chi connectivity index (χ2v) is 8.75. The minimum absolute atomic E-state index is 0.156. The molecule has 0 unspecified atom stereocenters. The zero-order valence-corrected chi connectivity index (χ0v) is 16.4. The van der Waals surface area contributed by atoms with Crippen molar-refractivity contribution < 1.29 is 9.90 Å². The van der Waals surface area contributed by atoms with Gasteiger partial charge in [-0.05, 0) is 70.6 Å². The van der Waals surface area contributed by atoms with Crippen molar-refractivity contribution in [2.45, 2.75) is 58.3 Å². The van der Waals surface area contributed by atoms with E-state index in [0.717, 1.165) is 5.56 Å². The minimum Gasteiger partial charge on any atom is -0.478 e. The molecule has 0 atom stereocenters. The quantitative estimate of drug-likeness (QED) is 0.661. The molecule has 2 aromatic rings. The number of carboxylic acid groups (broad SMARTS) is 1. The SMILES string of the molecule is C/C(=C\c1ccc(C(=O)O)cc1)c1cccc2c1C(C)(C)CCC2(C)C. The fourth-order valence-corrected chi connectivity index (χ4v) is 4.11. The average molecular weight is 348 g/mol. The van der Waals surface area contributed by atoms with Crippen LogP contribution in [-0.2, 0) is 10.8 Å². The summed E-state index contributed by atoms with van der Waals surface area (Å²) in [6.07, 6.45) is 4.54. The first-order valence-electron chi connectivity index (χ1n) is 9.28. The summed E-state index contributed by atoms with van der Waals surface area (Å²) < 4.78 is 0. The van der Waals surface area contributed by atoms with Crippen LogP contribution < -0.4 is 0 Å². The standard InChI is InChI=1S/C24H28O2/c1-16(15-17-9-11-18(12-10-17)22(25)26)19-7-6-8-20-21(19)24(4,5)14-13-23(20,2)3/h6-12,15H,13-14H2,1-5H3,(H,25,26)/b16-15+. The Labute approximate surface area is 156 Å². The lowest BCUT2D eigenvalue weighted by Gasteiger charge is -2.43. The zero-order valence-electron chi connectivity index (χ0n) is 16.4. The van der Waals surface area contributed by atoms with Crippen LogP contribution in [0.5, 0.6) is 0 Å². The van der Waals surface area contributed by atoms with Crippen molar-refractivity contribution in [1.82, 2.24) is 0 Å². The first kappa shape index (κ1) is 18.4. The van der Waals surface area contributed by atoms with Crippen molar-refractivity contribution >= 4 is 17.6 Å². The second kappa shape index (κ2) is 6.42. The normalized spacial score (nSPS) is 18.3.